The lowest BCUT2D eigenvalue weighted by molar-refractivity contribution is 0.397. The molecule has 4 heterocycles. The molecule has 0 atom stereocenters. The maximum Gasteiger partial charge on any atom is 0.210 e. The van der Waals surface area contributed by atoms with Crippen molar-refractivity contribution in [2.45, 2.75) is 6.54 Å². The summed E-state index contributed by atoms with van der Waals surface area (Å²) in [4.78, 5) is 9.02. The van der Waals surface area contributed by atoms with E-state index in [2.05, 4.69) is 35.7 Å². The monoisotopic (exact) mass is 322 g/mol. The van der Waals surface area contributed by atoms with E-state index in [1.165, 1.54) is 0 Å². The van der Waals surface area contributed by atoms with Crippen molar-refractivity contribution < 1.29 is 4.74 Å². The molecule has 0 fully saturated rings. The van der Waals surface area contributed by atoms with Gasteiger partial charge in [0.15, 0.2) is 17.3 Å². The van der Waals surface area contributed by atoms with Gasteiger partial charge in [0.25, 0.3) is 0 Å². The molecule has 4 rings (SSSR count). The van der Waals surface area contributed by atoms with E-state index < -0.39 is 0 Å². The summed E-state index contributed by atoms with van der Waals surface area (Å²) in [5, 5.41) is 17.9. The van der Waals surface area contributed by atoms with Gasteiger partial charge in [0, 0.05) is 18.5 Å². The van der Waals surface area contributed by atoms with E-state index in [0.717, 1.165) is 16.9 Å². The largest absolute Gasteiger partial charge is 0.481 e. The number of aromatic nitrogens is 7. The Morgan fingerprint density at radius 1 is 1.29 bits per heavy atom. The van der Waals surface area contributed by atoms with Gasteiger partial charge in [-0.3, -0.25) is 0 Å². The van der Waals surface area contributed by atoms with E-state index in [1.807, 2.05) is 29.0 Å². The molecule has 0 radical (unpaired) electrons. The van der Waals surface area contributed by atoms with Gasteiger partial charge in [0.05, 0.1) is 25.5 Å². The van der Waals surface area contributed by atoms with Crippen molar-refractivity contribution >= 4 is 22.8 Å². The van der Waals surface area contributed by atoms with Gasteiger partial charge in [0.1, 0.15) is 5.52 Å². The molecule has 0 bridgehead atoms. The third kappa shape index (κ3) is 2.74. The number of hydrogen-bond acceptors (Lipinski definition) is 7. The van der Waals surface area contributed by atoms with Gasteiger partial charge in [-0.05, 0) is 18.2 Å². The molecule has 0 aliphatic carbocycles. The van der Waals surface area contributed by atoms with Crippen LogP contribution in [-0.2, 0) is 6.54 Å². The normalized spacial score (nSPS) is 10.9. The van der Waals surface area contributed by atoms with Crippen molar-refractivity contribution in [2.24, 2.45) is 0 Å². The molecular formula is C15H14N8O. The fourth-order valence-corrected chi connectivity index (χ4v) is 2.33. The molecule has 0 saturated carbocycles. The molecule has 0 unspecified atom stereocenters. The van der Waals surface area contributed by atoms with E-state index in [1.54, 1.807) is 25.6 Å². The van der Waals surface area contributed by atoms with E-state index in [9.17, 15) is 0 Å². The second-order valence-corrected chi connectivity index (χ2v) is 5.07. The average Bonchev–Trinajstić information content (AvgIpc) is 3.23. The Balaban J connectivity index is 1.63. The molecule has 0 aliphatic rings. The quantitative estimate of drug-likeness (QED) is 0.576. The molecule has 4 aromatic heterocycles. The molecule has 0 saturated heterocycles. The van der Waals surface area contributed by atoms with Crippen LogP contribution in [0, 0.1) is 0 Å². The standard InChI is InChI=1S/C15H14N8O/c1-24-14-7-12(21-22-14)18-13-8-16-11-4-6-23(15(11)19-13)9-10-3-2-5-17-20-10/h2-8H,9H2,1H3,(H2,18,19,21,22). The average molecular weight is 322 g/mol. The van der Waals surface area contributed by atoms with Crippen LogP contribution in [0.15, 0.2) is 42.9 Å². The van der Waals surface area contributed by atoms with E-state index in [-0.39, 0.29) is 0 Å². The van der Waals surface area contributed by atoms with Crippen LogP contribution in [0.5, 0.6) is 5.88 Å². The van der Waals surface area contributed by atoms with Crippen LogP contribution in [0.1, 0.15) is 5.69 Å². The minimum atomic E-state index is 0.567. The van der Waals surface area contributed by atoms with Gasteiger partial charge in [-0.25, -0.2) is 15.1 Å². The van der Waals surface area contributed by atoms with E-state index in [0.29, 0.717) is 24.1 Å². The molecule has 0 amide bonds. The maximum atomic E-state index is 5.06. The summed E-state index contributed by atoms with van der Waals surface area (Å²) in [7, 11) is 1.57. The van der Waals surface area contributed by atoms with Gasteiger partial charge in [0.2, 0.25) is 5.88 Å². The lowest BCUT2D eigenvalue weighted by Crippen LogP contribution is -2.03. The Bertz CT molecular complexity index is 962. The van der Waals surface area contributed by atoms with Gasteiger partial charge in [-0.1, -0.05) is 0 Å². The Hall–Kier alpha value is -3.49. The van der Waals surface area contributed by atoms with Crippen molar-refractivity contribution in [2.75, 3.05) is 12.4 Å². The van der Waals surface area contributed by atoms with Gasteiger partial charge >= 0.3 is 0 Å². The molecule has 0 spiro atoms. The number of ether oxygens (including phenoxy) is 1. The predicted molar refractivity (Wildman–Crippen MR) is 87.1 cm³/mol. The van der Waals surface area contributed by atoms with Crippen molar-refractivity contribution in [1.29, 1.82) is 0 Å². The van der Waals surface area contributed by atoms with Gasteiger partial charge in [-0.2, -0.15) is 15.3 Å². The third-order valence-electron chi connectivity index (χ3n) is 3.46. The Labute approximate surface area is 136 Å². The maximum absolute atomic E-state index is 5.06. The van der Waals surface area contributed by atoms with Crippen LogP contribution in [0.4, 0.5) is 11.6 Å². The minimum Gasteiger partial charge on any atom is -0.481 e. The molecule has 2 N–H and O–H groups in total. The number of nitrogens with zero attached hydrogens (tertiary/aromatic N) is 6. The van der Waals surface area contributed by atoms with Crippen molar-refractivity contribution in [3.63, 3.8) is 0 Å². The van der Waals surface area contributed by atoms with Crippen LogP contribution < -0.4 is 10.1 Å². The first kappa shape index (κ1) is 14.1. The highest BCUT2D eigenvalue weighted by Gasteiger charge is 2.08. The zero-order valence-corrected chi connectivity index (χ0v) is 12.8. The van der Waals surface area contributed by atoms with Crippen molar-refractivity contribution in [3.05, 3.63) is 48.5 Å². The number of nitrogens with one attached hydrogen (secondary N) is 2. The highest BCUT2D eigenvalue weighted by Crippen LogP contribution is 2.19. The second-order valence-electron chi connectivity index (χ2n) is 5.07. The number of H-pyrrole nitrogens is 1. The number of rotatable bonds is 5. The molecule has 120 valence electrons. The van der Waals surface area contributed by atoms with Gasteiger partial charge in [-0.15, -0.1) is 0 Å². The van der Waals surface area contributed by atoms with Crippen LogP contribution >= 0.6 is 0 Å². The molecule has 9 heteroatoms. The zero-order chi connectivity index (χ0) is 16.4. The lowest BCUT2D eigenvalue weighted by atomic mass is 10.4. The third-order valence-corrected chi connectivity index (χ3v) is 3.46. The summed E-state index contributed by atoms with van der Waals surface area (Å²) >= 11 is 0. The van der Waals surface area contributed by atoms with E-state index >= 15 is 0 Å². The molecule has 24 heavy (non-hydrogen) atoms. The highest BCUT2D eigenvalue weighted by atomic mass is 16.5. The summed E-state index contributed by atoms with van der Waals surface area (Å²) in [6.07, 6.45) is 5.24. The van der Waals surface area contributed by atoms with Crippen LogP contribution in [0.25, 0.3) is 11.2 Å². The zero-order valence-electron chi connectivity index (χ0n) is 12.8. The summed E-state index contributed by atoms with van der Waals surface area (Å²) < 4.78 is 7.04. The fraction of sp³-hybridized carbons (Fsp3) is 0.133. The molecule has 4 aromatic rings. The minimum absolute atomic E-state index is 0.567. The molecular weight excluding hydrogens is 308 g/mol. The van der Waals surface area contributed by atoms with Crippen molar-refractivity contribution in [1.82, 2.24) is 34.9 Å². The highest BCUT2D eigenvalue weighted by molar-refractivity contribution is 5.73. The number of hydrogen-bond donors (Lipinski definition) is 2. The van der Waals surface area contributed by atoms with Crippen LogP contribution in [0.2, 0.25) is 0 Å². The number of aromatic amines is 1. The first-order valence-corrected chi connectivity index (χ1v) is 7.27. The SMILES string of the molecule is COc1cc(Nc2cnc3ccn(Cc4cccnn4)c3n2)n[nH]1. The van der Waals surface area contributed by atoms with E-state index in [4.69, 9.17) is 4.74 Å². The predicted octanol–water partition coefficient (Wildman–Crippen LogP) is 1.74. The van der Waals surface area contributed by atoms with Crippen molar-refractivity contribution in [3.8, 4) is 5.88 Å². The summed E-state index contributed by atoms with van der Waals surface area (Å²) in [6, 6.07) is 7.44. The fourth-order valence-electron chi connectivity index (χ4n) is 2.33. The topological polar surface area (TPSA) is 106 Å². The smallest absolute Gasteiger partial charge is 0.210 e. The molecule has 9 nitrogen and oxygen atoms in total. The summed E-state index contributed by atoms with van der Waals surface area (Å²) in [5.41, 5.74) is 2.42. The number of anilines is 2. The summed E-state index contributed by atoms with van der Waals surface area (Å²) in [5.74, 6) is 1.76. The Morgan fingerprint density at radius 3 is 3.04 bits per heavy atom. The van der Waals surface area contributed by atoms with Crippen LogP contribution in [0.3, 0.4) is 0 Å². The summed E-state index contributed by atoms with van der Waals surface area (Å²) in [6.45, 7) is 0.575. The second kappa shape index (κ2) is 5.95. The van der Waals surface area contributed by atoms with Gasteiger partial charge < -0.3 is 14.6 Å². The van der Waals surface area contributed by atoms with Crippen LogP contribution in [-0.4, -0.2) is 42.0 Å². The first-order chi connectivity index (χ1) is 11.8. The molecule has 0 aliphatic heterocycles. The Kier molecular flexibility index (Phi) is 3.50. The molecule has 0 aromatic carbocycles. The lowest BCUT2D eigenvalue weighted by Gasteiger charge is -2.05. The first-order valence-electron chi connectivity index (χ1n) is 7.27. The number of fused-ring (bicyclic) bond motifs is 1. The number of methoxy groups -OCH3 is 1. The Morgan fingerprint density at radius 2 is 2.25 bits per heavy atom.